The number of hydrogen-bond donors (Lipinski definition) is 0. The van der Waals surface area contributed by atoms with Gasteiger partial charge in [-0.3, -0.25) is 4.18 Å². The van der Waals surface area contributed by atoms with Crippen LogP contribution in [0, 0.1) is 6.92 Å². The van der Waals surface area contributed by atoms with E-state index in [4.69, 9.17) is 27.9 Å². The van der Waals surface area contributed by atoms with Crippen molar-refractivity contribution < 1.29 is 36.3 Å². The van der Waals surface area contributed by atoms with Crippen LogP contribution in [-0.2, 0) is 38.0 Å². The van der Waals surface area contributed by atoms with Gasteiger partial charge in [0, 0.05) is 13.2 Å². The Bertz CT molecular complexity index is 656. The zero-order valence-corrected chi connectivity index (χ0v) is 18.6. The molecule has 1 aromatic carbocycles. The molecule has 1 saturated heterocycles. The average molecular weight is 447 g/mol. The largest absolute Gasteiger partial charge is 0.379 e. The van der Waals surface area contributed by atoms with Crippen molar-refractivity contribution in [3.05, 3.63) is 29.8 Å². The molecule has 1 aliphatic rings. The van der Waals surface area contributed by atoms with Crippen molar-refractivity contribution >= 4 is 10.1 Å². The quantitative estimate of drug-likeness (QED) is 0.283. The minimum absolute atomic E-state index is 0.180. The van der Waals surface area contributed by atoms with E-state index in [1.54, 1.807) is 24.3 Å². The molecule has 9 heteroatoms. The van der Waals surface area contributed by atoms with E-state index >= 15 is 0 Å². The van der Waals surface area contributed by atoms with Crippen molar-refractivity contribution in [2.24, 2.45) is 0 Å². The predicted octanol–water partition coefficient (Wildman–Crippen LogP) is 2.68. The van der Waals surface area contributed by atoms with E-state index < -0.39 is 10.1 Å². The van der Waals surface area contributed by atoms with Crippen molar-refractivity contribution in [2.75, 3.05) is 59.5 Å². The third-order valence-electron chi connectivity index (χ3n) is 4.38. The van der Waals surface area contributed by atoms with Crippen LogP contribution in [0.2, 0.25) is 0 Å². The monoisotopic (exact) mass is 446 g/mol. The number of hydrogen-bond acceptors (Lipinski definition) is 8. The van der Waals surface area contributed by atoms with E-state index in [1.807, 2.05) is 6.92 Å². The SMILES string of the molecule is Cc1ccc(S(=O)(=O)OCCCCCOCCOCCCOC2COCCO2)cc1. The fourth-order valence-corrected chi connectivity index (χ4v) is 3.63. The summed E-state index contributed by atoms with van der Waals surface area (Å²) in [6.07, 6.45) is 2.90. The second-order valence-corrected chi connectivity index (χ2v) is 8.59. The summed E-state index contributed by atoms with van der Waals surface area (Å²) in [4.78, 5) is 0.194. The van der Waals surface area contributed by atoms with Gasteiger partial charge in [-0.2, -0.15) is 8.42 Å². The third kappa shape index (κ3) is 10.8. The molecule has 1 fully saturated rings. The molecule has 0 bridgehead atoms. The Morgan fingerprint density at radius 1 is 0.867 bits per heavy atom. The summed E-state index contributed by atoms with van der Waals surface area (Å²) in [6, 6.07) is 6.64. The highest BCUT2D eigenvalue weighted by atomic mass is 32.2. The molecule has 0 amide bonds. The lowest BCUT2D eigenvalue weighted by Gasteiger charge is -2.22. The molecule has 0 saturated carbocycles. The van der Waals surface area contributed by atoms with Crippen LogP contribution in [0.15, 0.2) is 29.2 Å². The van der Waals surface area contributed by atoms with Gasteiger partial charge in [-0.15, -0.1) is 0 Å². The molecular weight excluding hydrogens is 412 g/mol. The fraction of sp³-hybridized carbons (Fsp3) is 0.714. The molecule has 1 aliphatic heterocycles. The van der Waals surface area contributed by atoms with E-state index in [9.17, 15) is 8.42 Å². The van der Waals surface area contributed by atoms with Gasteiger partial charge in [0.05, 0.1) is 51.1 Å². The van der Waals surface area contributed by atoms with Crippen LogP contribution in [-0.4, -0.2) is 74.2 Å². The predicted molar refractivity (Wildman–Crippen MR) is 111 cm³/mol. The van der Waals surface area contributed by atoms with Crippen molar-refractivity contribution in [3.63, 3.8) is 0 Å². The Morgan fingerprint density at radius 2 is 1.57 bits per heavy atom. The zero-order valence-electron chi connectivity index (χ0n) is 17.8. The van der Waals surface area contributed by atoms with Gasteiger partial charge in [0.1, 0.15) is 0 Å². The first-order valence-electron chi connectivity index (χ1n) is 10.5. The lowest BCUT2D eigenvalue weighted by Crippen LogP contribution is -2.31. The van der Waals surface area contributed by atoms with Crippen molar-refractivity contribution in [1.29, 1.82) is 0 Å². The Balaban J connectivity index is 1.34. The minimum atomic E-state index is -3.67. The zero-order chi connectivity index (χ0) is 21.5. The highest BCUT2D eigenvalue weighted by molar-refractivity contribution is 7.86. The summed E-state index contributed by atoms with van der Waals surface area (Å²) in [5.74, 6) is 0. The second kappa shape index (κ2) is 14.9. The molecule has 0 radical (unpaired) electrons. The van der Waals surface area contributed by atoms with Crippen LogP contribution >= 0.6 is 0 Å². The highest BCUT2D eigenvalue weighted by Gasteiger charge is 2.14. The van der Waals surface area contributed by atoms with Gasteiger partial charge in [-0.05, 0) is 44.7 Å². The smallest absolute Gasteiger partial charge is 0.296 e. The molecule has 0 spiro atoms. The van der Waals surface area contributed by atoms with Gasteiger partial charge < -0.3 is 23.7 Å². The number of ether oxygens (including phenoxy) is 5. The van der Waals surface area contributed by atoms with Crippen LogP contribution < -0.4 is 0 Å². The molecule has 0 aromatic heterocycles. The molecule has 30 heavy (non-hydrogen) atoms. The normalized spacial score (nSPS) is 17.3. The number of rotatable bonds is 16. The van der Waals surface area contributed by atoms with E-state index in [0.29, 0.717) is 59.3 Å². The molecule has 2 rings (SSSR count). The molecule has 8 nitrogen and oxygen atoms in total. The summed E-state index contributed by atoms with van der Waals surface area (Å²) in [7, 11) is -3.67. The van der Waals surface area contributed by atoms with Gasteiger partial charge >= 0.3 is 0 Å². The first-order valence-corrected chi connectivity index (χ1v) is 11.9. The van der Waals surface area contributed by atoms with Gasteiger partial charge in [0.15, 0.2) is 6.29 Å². The van der Waals surface area contributed by atoms with Crippen molar-refractivity contribution in [1.82, 2.24) is 0 Å². The molecule has 0 aliphatic carbocycles. The molecule has 1 heterocycles. The number of aryl methyl sites for hydroxylation is 1. The number of benzene rings is 1. The minimum Gasteiger partial charge on any atom is -0.379 e. The van der Waals surface area contributed by atoms with Crippen LogP contribution in [0.3, 0.4) is 0 Å². The van der Waals surface area contributed by atoms with E-state index in [1.165, 1.54) is 0 Å². The Labute approximate surface area is 179 Å². The standard InChI is InChI=1S/C21H34O8S/c1-19-6-8-20(9-7-19)30(22,23)29-13-4-2-3-10-24-14-15-25-11-5-12-27-21-18-26-16-17-28-21/h6-9,21H,2-5,10-18H2,1H3. The maximum Gasteiger partial charge on any atom is 0.296 e. The second-order valence-electron chi connectivity index (χ2n) is 6.97. The Morgan fingerprint density at radius 3 is 2.27 bits per heavy atom. The summed E-state index contributed by atoms with van der Waals surface area (Å²) in [6.45, 7) is 6.69. The molecule has 1 unspecified atom stereocenters. The number of unbranched alkanes of at least 4 members (excludes halogenated alkanes) is 2. The maximum atomic E-state index is 12.0. The molecule has 172 valence electrons. The van der Waals surface area contributed by atoms with Crippen LogP contribution in [0.5, 0.6) is 0 Å². The van der Waals surface area contributed by atoms with Crippen LogP contribution in [0.1, 0.15) is 31.2 Å². The molecule has 1 atom stereocenters. The van der Waals surface area contributed by atoms with Crippen LogP contribution in [0.4, 0.5) is 0 Å². The molecule has 0 N–H and O–H groups in total. The molecular formula is C21H34O8S. The van der Waals surface area contributed by atoms with Crippen molar-refractivity contribution in [3.8, 4) is 0 Å². The summed E-state index contributed by atoms with van der Waals surface area (Å²) >= 11 is 0. The maximum absolute atomic E-state index is 12.0. The third-order valence-corrected chi connectivity index (χ3v) is 5.70. The Hall–Kier alpha value is -1.07. The van der Waals surface area contributed by atoms with Gasteiger partial charge in [0.2, 0.25) is 0 Å². The van der Waals surface area contributed by atoms with Crippen LogP contribution in [0.25, 0.3) is 0 Å². The first kappa shape index (κ1) is 25.2. The van der Waals surface area contributed by atoms with Gasteiger partial charge in [0.25, 0.3) is 10.1 Å². The summed E-state index contributed by atoms with van der Waals surface area (Å²) < 4.78 is 56.3. The fourth-order valence-electron chi connectivity index (χ4n) is 2.68. The lowest BCUT2D eigenvalue weighted by atomic mass is 10.2. The van der Waals surface area contributed by atoms with E-state index in [0.717, 1.165) is 24.8 Å². The van der Waals surface area contributed by atoms with Gasteiger partial charge in [-0.25, -0.2) is 0 Å². The average Bonchev–Trinajstić information content (AvgIpc) is 2.75. The topological polar surface area (TPSA) is 89.5 Å². The van der Waals surface area contributed by atoms with E-state index in [-0.39, 0.29) is 17.8 Å². The summed E-state index contributed by atoms with van der Waals surface area (Å²) in [5, 5.41) is 0. The van der Waals surface area contributed by atoms with Crippen molar-refractivity contribution in [2.45, 2.75) is 43.8 Å². The highest BCUT2D eigenvalue weighted by Crippen LogP contribution is 2.13. The lowest BCUT2D eigenvalue weighted by molar-refractivity contribution is -0.212. The summed E-state index contributed by atoms with van der Waals surface area (Å²) in [5.41, 5.74) is 1.01. The van der Waals surface area contributed by atoms with Gasteiger partial charge in [-0.1, -0.05) is 17.7 Å². The van der Waals surface area contributed by atoms with E-state index in [2.05, 4.69) is 0 Å². The molecule has 1 aromatic rings. The first-order chi connectivity index (χ1) is 14.6. The Kier molecular flexibility index (Phi) is 12.5.